The molecule has 0 bridgehead atoms. The standard InChI is InChI=1S/C11H19NO2/c1-9(2)6-7-12-8-10(13)14-11(3,4)5/h7H,1,6,8H2,2-5H3. The summed E-state index contributed by atoms with van der Waals surface area (Å²) < 4.78 is 5.07. The molecule has 0 radical (unpaired) electrons. The highest BCUT2D eigenvalue weighted by Crippen LogP contribution is 2.06. The quantitative estimate of drug-likeness (QED) is 0.394. The van der Waals surface area contributed by atoms with Crippen molar-refractivity contribution in [3.05, 3.63) is 12.2 Å². The first-order valence-corrected chi connectivity index (χ1v) is 4.66. The Kier molecular flexibility index (Phi) is 5.13. The van der Waals surface area contributed by atoms with E-state index in [2.05, 4.69) is 11.6 Å². The maximum absolute atomic E-state index is 11.1. The monoisotopic (exact) mass is 197 g/mol. The number of hydrogen-bond donors (Lipinski definition) is 0. The molecule has 0 spiro atoms. The number of esters is 1. The smallest absolute Gasteiger partial charge is 0.328 e. The van der Waals surface area contributed by atoms with E-state index in [4.69, 9.17) is 4.74 Å². The molecular formula is C11H19NO2. The average Bonchev–Trinajstić information content (AvgIpc) is 1.94. The lowest BCUT2D eigenvalue weighted by Crippen LogP contribution is -2.25. The van der Waals surface area contributed by atoms with E-state index in [0.717, 1.165) is 5.57 Å². The predicted molar refractivity (Wildman–Crippen MR) is 58.6 cm³/mol. The molecule has 0 saturated carbocycles. The summed E-state index contributed by atoms with van der Waals surface area (Å²) in [5.41, 5.74) is 0.596. The Morgan fingerprint density at radius 2 is 2.07 bits per heavy atom. The highest BCUT2D eigenvalue weighted by Gasteiger charge is 2.14. The lowest BCUT2D eigenvalue weighted by atomic mass is 10.2. The Balaban J connectivity index is 3.75. The molecule has 0 N–H and O–H groups in total. The van der Waals surface area contributed by atoms with Crippen LogP contribution in [0.4, 0.5) is 0 Å². The molecule has 14 heavy (non-hydrogen) atoms. The van der Waals surface area contributed by atoms with Gasteiger partial charge in [-0.1, -0.05) is 12.2 Å². The van der Waals surface area contributed by atoms with Gasteiger partial charge in [-0.15, -0.1) is 0 Å². The summed E-state index contributed by atoms with van der Waals surface area (Å²) in [6.45, 7) is 11.2. The predicted octanol–water partition coefficient (Wildman–Crippen LogP) is 2.37. The van der Waals surface area contributed by atoms with Crippen molar-refractivity contribution >= 4 is 12.2 Å². The van der Waals surface area contributed by atoms with Gasteiger partial charge in [-0.2, -0.15) is 0 Å². The first kappa shape index (κ1) is 12.9. The molecule has 0 fully saturated rings. The van der Waals surface area contributed by atoms with Gasteiger partial charge in [0, 0.05) is 12.6 Å². The topological polar surface area (TPSA) is 38.7 Å². The third-order valence-corrected chi connectivity index (χ3v) is 1.21. The molecule has 3 heteroatoms. The zero-order valence-electron chi connectivity index (χ0n) is 9.46. The Bertz CT molecular complexity index is 236. The van der Waals surface area contributed by atoms with E-state index in [9.17, 15) is 4.79 Å². The maximum Gasteiger partial charge on any atom is 0.328 e. The van der Waals surface area contributed by atoms with Crippen LogP contribution in [0, 0.1) is 0 Å². The van der Waals surface area contributed by atoms with Gasteiger partial charge in [-0.3, -0.25) is 9.79 Å². The Morgan fingerprint density at radius 1 is 1.50 bits per heavy atom. The molecular weight excluding hydrogens is 178 g/mol. The van der Waals surface area contributed by atoms with Crippen molar-refractivity contribution in [1.82, 2.24) is 0 Å². The van der Waals surface area contributed by atoms with Gasteiger partial charge >= 0.3 is 5.97 Å². The molecule has 0 saturated heterocycles. The first-order chi connectivity index (χ1) is 6.31. The number of rotatable bonds is 4. The molecule has 3 nitrogen and oxygen atoms in total. The second-order valence-electron chi connectivity index (χ2n) is 4.27. The van der Waals surface area contributed by atoms with Gasteiger partial charge in [0.2, 0.25) is 0 Å². The Morgan fingerprint density at radius 3 is 2.50 bits per heavy atom. The minimum Gasteiger partial charge on any atom is -0.459 e. The van der Waals surface area contributed by atoms with Gasteiger partial charge in [0.25, 0.3) is 0 Å². The van der Waals surface area contributed by atoms with Crippen LogP contribution in [0.5, 0.6) is 0 Å². The van der Waals surface area contributed by atoms with Crippen LogP contribution in [0.2, 0.25) is 0 Å². The zero-order valence-corrected chi connectivity index (χ0v) is 9.46. The van der Waals surface area contributed by atoms with Gasteiger partial charge in [0.15, 0.2) is 0 Å². The van der Waals surface area contributed by atoms with E-state index in [0.29, 0.717) is 6.42 Å². The maximum atomic E-state index is 11.1. The number of carbonyl (C=O) groups excluding carboxylic acids is 1. The van der Waals surface area contributed by atoms with E-state index in [1.165, 1.54) is 0 Å². The molecule has 0 aliphatic rings. The Labute approximate surface area is 85.9 Å². The zero-order chi connectivity index (χ0) is 11.2. The largest absolute Gasteiger partial charge is 0.459 e. The number of hydrogen-bond acceptors (Lipinski definition) is 3. The number of aliphatic imine (C=N–C) groups is 1. The number of allylic oxidation sites excluding steroid dienone is 1. The van der Waals surface area contributed by atoms with Gasteiger partial charge < -0.3 is 4.74 Å². The summed E-state index contributed by atoms with van der Waals surface area (Å²) in [6, 6.07) is 0. The molecule has 0 heterocycles. The third-order valence-electron chi connectivity index (χ3n) is 1.21. The summed E-state index contributed by atoms with van der Waals surface area (Å²) in [5.74, 6) is -0.296. The van der Waals surface area contributed by atoms with Crippen LogP contribution in [0.25, 0.3) is 0 Å². The SMILES string of the molecule is C=C(C)CC=NCC(=O)OC(C)(C)C. The highest BCUT2D eigenvalue weighted by atomic mass is 16.6. The van der Waals surface area contributed by atoms with E-state index in [1.54, 1.807) is 6.21 Å². The minimum atomic E-state index is -0.430. The van der Waals surface area contributed by atoms with Crippen molar-refractivity contribution in [3.63, 3.8) is 0 Å². The van der Waals surface area contributed by atoms with Gasteiger partial charge in [-0.05, 0) is 27.7 Å². The summed E-state index contributed by atoms with van der Waals surface area (Å²) in [6.07, 6.45) is 2.40. The number of nitrogens with zero attached hydrogens (tertiary/aromatic N) is 1. The molecule has 0 aliphatic carbocycles. The molecule has 0 aromatic rings. The van der Waals surface area contributed by atoms with Crippen LogP contribution < -0.4 is 0 Å². The van der Waals surface area contributed by atoms with Crippen LogP contribution in [-0.2, 0) is 9.53 Å². The van der Waals surface area contributed by atoms with Crippen molar-refractivity contribution in [2.75, 3.05) is 6.54 Å². The van der Waals surface area contributed by atoms with Crippen LogP contribution in [0.3, 0.4) is 0 Å². The summed E-state index contributed by atoms with van der Waals surface area (Å²) in [4.78, 5) is 15.1. The van der Waals surface area contributed by atoms with Crippen LogP contribution in [-0.4, -0.2) is 24.3 Å². The van der Waals surface area contributed by atoms with E-state index in [1.807, 2.05) is 27.7 Å². The van der Waals surface area contributed by atoms with Crippen LogP contribution in [0.15, 0.2) is 17.1 Å². The van der Waals surface area contributed by atoms with Crippen molar-refractivity contribution in [3.8, 4) is 0 Å². The molecule has 80 valence electrons. The summed E-state index contributed by atoms with van der Waals surface area (Å²) in [7, 11) is 0. The average molecular weight is 197 g/mol. The lowest BCUT2D eigenvalue weighted by molar-refractivity contribution is -0.152. The van der Waals surface area contributed by atoms with E-state index < -0.39 is 5.60 Å². The second-order valence-corrected chi connectivity index (χ2v) is 4.27. The van der Waals surface area contributed by atoms with Gasteiger partial charge in [0.05, 0.1) is 0 Å². The summed E-state index contributed by atoms with van der Waals surface area (Å²) in [5, 5.41) is 0. The molecule has 0 unspecified atom stereocenters. The van der Waals surface area contributed by atoms with E-state index >= 15 is 0 Å². The second kappa shape index (κ2) is 5.58. The number of carbonyl (C=O) groups is 1. The van der Waals surface area contributed by atoms with E-state index in [-0.39, 0.29) is 12.5 Å². The highest BCUT2D eigenvalue weighted by molar-refractivity contribution is 5.74. The first-order valence-electron chi connectivity index (χ1n) is 4.66. The van der Waals surface area contributed by atoms with Crippen molar-refractivity contribution in [1.29, 1.82) is 0 Å². The Hall–Kier alpha value is -1.12. The molecule has 0 amide bonds. The lowest BCUT2D eigenvalue weighted by Gasteiger charge is -2.18. The molecule has 0 aromatic heterocycles. The molecule has 0 aromatic carbocycles. The van der Waals surface area contributed by atoms with Crippen LogP contribution >= 0.6 is 0 Å². The fourth-order valence-corrected chi connectivity index (χ4v) is 0.733. The molecule has 0 rings (SSSR count). The molecule has 0 atom stereocenters. The van der Waals surface area contributed by atoms with Crippen molar-refractivity contribution in [2.45, 2.75) is 39.7 Å². The van der Waals surface area contributed by atoms with Gasteiger partial charge in [0.1, 0.15) is 12.1 Å². The fraction of sp³-hybridized carbons (Fsp3) is 0.636. The number of ether oxygens (including phenoxy) is 1. The van der Waals surface area contributed by atoms with Crippen molar-refractivity contribution in [2.24, 2.45) is 4.99 Å². The third kappa shape index (κ3) is 8.97. The van der Waals surface area contributed by atoms with Gasteiger partial charge in [-0.25, -0.2) is 0 Å². The normalized spacial score (nSPS) is 11.7. The molecule has 0 aliphatic heterocycles. The van der Waals surface area contributed by atoms with Crippen molar-refractivity contribution < 1.29 is 9.53 Å². The van der Waals surface area contributed by atoms with Crippen LogP contribution in [0.1, 0.15) is 34.1 Å². The summed E-state index contributed by atoms with van der Waals surface area (Å²) >= 11 is 0. The minimum absolute atomic E-state index is 0.0878. The fourth-order valence-electron chi connectivity index (χ4n) is 0.733.